The second kappa shape index (κ2) is 9.47. The van der Waals surface area contributed by atoms with Gasteiger partial charge in [0.15, 0.2) is 0 Å². The third-order valence-electron chi connectivity index (χ3n) is 4.23. The van der Waals surface area contributed by atoms with Gasteiger partial charge in [0.2, 0.25) is 0 Å². The van der Waals surface area contributed by atoms with Crippen molar-refractivity contribution in [3.8, 4) is 11.8 Å². The second-order valence-corrected chi connectivity index (χ2v) is 5.86. The quantitative estimate of drug-likeness (QED) is 0.477. The molecule has 1 N–H and O–H groups in total. The molecule has 26 heavy (non-hydrogen) atoms. The molecule has 0 radical (unpaired) electrons. The van der Waals surface area contributed by atoms with E-state index in [2.05, 4.69) is 5.32 Å². The Morgan fingerprint density at radius 1 is 1.31 bits per heavy atom. The molecule has 1 aromatic carbocycles. The molecule has 1 fully saturated rings. The normalized spacial score (nSPS) is 15.1. The molecule has 1 heterocycles. The first-order chi connectivity index (χ1) is 12.6. The number of nitrogens with zero attached hydrogens (tertiary/aromatic N) is 2. The van der Waals surface area contributed by atoms with E-state index in [-0.39, 0.29) is 23.4 Å². The summed E-state index contributed by atoms with van der Waals surface area (Å²) in [6.45, 7) is 3.00. The number of piperidine rings is 1. The van der Waals surface area contributed by atoms with Crippen LogP contribution in [-0.4, -0.2) is 43.6 Å². The van der Waals surface area contributed by atoms with Crippen molar-refractivity contribution in [2.75, 3.05) is 32.1 Å². The molecular weight excluding hydrogens is 334 g/mol. The number of nitriles is 1. The molecule has 7 heteroatoms. The summed E-state index contributed by atoms with van der Waals surface area (Å²) in [7, 11) is 1.58. The number of anilines is 1. The zero-order valence-corrected chi connectivity index (χ0v) is 15.0. The molecule has 0 saturated carbocycles. The molecular formula is C19H23N3O4. The molecule has 1 aliphatic heterocycles. The number of methoxy groups -OCH3 is 1. The van der Waals surface area contributed by atoms with Gasteiger partial charge in [-0.05, 0) is 44.0 Å². The fraction of sp³-hybridized carbons (Fsp3) is 0.421. The number of carbonyl (C=O) groups excluding carboxylic acids is 2. The summed E-state index contributed by atoms with van der Waals surface area (Å²) >= 11 is 0. The lowest BCUT2D eigenvalue weighted by molar-refractivity contribution is -0.150. The largest absolute Gasteiger partial charge is 0.497 e. The van der Waals surface area contributed by atoms with Crippen molar-refractivity contribution in [3.63, 3.8) is 0 Å². The molecule has 1 aliphatic rings. The molecule has 0 unspecified atom stereocenters. The molecule has 1 saturated heterocycles. The third kappa shape index (κ3) is 4.99. The summed E-state index contributed by atoms with van der Waals surface area (Å²) in [5.74, 6) is -0.000775. The van der Waals surface area contributed by atoms with Gasteiger partial charge in [-0.1, -0.05) is 0 Å². The van der Waals surface area contributed by atoms with E-state index < -0.39 is 0 Å². The molecule has 0 aliphatic carbocycles. The van der Waals surface area contributed by atoms with Crippen molar-refractivity contribution in [2.24, 2.45) is 5.92 Å². The Hall–Kier alpha value is -3.01. The van der Waals surface area contributed by atoms with Crippen molar-refractivity contribution in [1.29, 1.82) is 5.26 Å². The lowest BCUT2D eigenvalue weighted by Crippen LogP contribution is -2.41. The van der Waals surface area contributed by atoms with E-state index in [0.29, 0.717) is 32.5 Å². The van der Waals surface area contributed by atoms with Crippen LogP contribution in [0.15, 0.2) is 36.0 Å². The zero-order valence-electron chi connectivity index (χ0n) is 15.0. The Balaban J connectivity index is 1.94. The van der Waals surface area contributed by atoms with Gasteiger partial charge < -0.3 is 19.7 Å². The fourth-order valence-electron chi connectivity index (χ4n) is 2.73. The van der Waals surface area contributed by atoms with Crippen LogP contribution >= 0.6 is 0 Å². The average molecular weight is 357 g/mol. The van der Waals surface area contributed by atoms with Gasteiger partial charge in [-0.25, -0.2) is 0 Å². The number of carbonyl (C=O) groups is 2. The summed E-state index contributed by atoms with van der Waals surface area (Å²) in [5, 5.41) is 12.2. The van der Waals surface area contributed by atoms with Gasteiger partial charge in [0, 0.05) is 25.0 Å². The van der Waals surface area contributed by atoms with Crippen LogP contribution in [0.4, 0.5) is 5.69 Å². The van der Waals surface area contributed by atoms with Gasteiger partial charge in [-0.3, -0.25) is 9.59 Å². The highest BCUT2D eigenvalue weighted by Crippen LogP contribution is 2.20. The first kappa shape index (κ1) is 19.3. The Morgan fingerprint density at radius 3 is 2.50 bits per heavy atom. The maximum Gasteiger partial charge on any atom is 0.309 e. The van der Waals surface area contributed by atoms with Crippen LogP contribution in [0, 0.1) is 17.2 Å². The lowest BCUT2D eigenvalue weighted by atomic mass is 9.96. The van der Waals surface area contributed by atoms with Crippen molar-refractivity contribution >= 4 is 17.6 Å². The topological polar surface area (TPSA) is 91.7 Å². The predicted molar refractivity (Wildman–Crippen MR) is 96.2 cm³/mol. The van der Waals surface area contributed by atoms with Crippen molar-refractivity contribution < 1.29 is 19.1 Å². The van der Waals surface area contributed by atoms with Crippen LogP contribution in [0.3, 0.4) is 0 Å². The minimum Gasteiger partial charge on any atom is -0.497 e. The Kier molecular flexibility index (Phi) is 7.03. The standard InChI is InChI=1S/C19H23N3O4/c1-3-26-19(24)14-8-10-22(11-9-14)18(23)15(12-20)13-21-16-4-6-17(25-2)7-5-16/h4-7,13-14,21H,3,8-11H2,1-2H3/b15-13-. The van der Waals surface area contributed by atoms with Crippen LogP contribution < -0.4 is 10.1 Å². The third-order valence-corrected chi connectivity index (χ3v) is 4.23. The summed E-state index contributed by atoms with van der Waals surface area (Å²) in [5.41, 5.74) is 0.766. The van der Waals surface area contributed by atoms with E-state index in [4.69, 9.17) is 9.47 Å². The van der Waals surface area contributed by atoms with Gasteiger partial charge >= 0.3 is 5.97 Å². The van der Waals surface area contributed by atoms with Crippen LogP contribution in [0.25, 0.3) is 0 Å². The summed E-state index contributed by atoms with van der Waals surface area (Å²) in [6.07, 6.45) is 2.51. The van der Waals surface area contributed by atoms with Crippen molar-refractivity contribution in [2.45, 2.75) is 19.8 Å². The molecule has 2 rings (SSSR count). The molecule has 138 valence electrons. The van der Waals surface area contributed by atoms with Gasteiger partial charge in [0.25, 0.3) is 5.91 Å². The number of benzene rings is 1. The SMILES string of the molecule is CCOC(=O)C1CCN(C(=O)/C(C#N)=C\Nc2ccc(OC)cc2)CC1. The summed E-state index contributed by atoms with van der Waals surface area (Å²) < 4.78 is 10.1. The molecule has 7 nitrogen and oxygen atoms in total. The number of amides is 1. The lowest BCUT2D eigenvalue weighted by Gasteiger charge is -2.30. The number of nitrogens with one attached hydrogen (secondary N) is 1. The maximum absolute atomic E-state index is 12.5. The highest BCUT2D eigenvalue weighted by molar-refractivity contribution is 5.97. The number of likely N-dealkylation sites (tertiary alicyclic amines) is 1. The fourth-order valence-corrected chi connectivity index (χ4v) is 2.73. The summed E-state index contributed by atoms with van der Waals surface area (Å²) in [4.78, 5) is 25.9. The Labute approximate surface area is 153 Å². The minimum atomic E-state index is -0.337. The number of rotatable bonds is 6. The average Bonchev–Trinajstić information content (AvgIpc) is 2.69. The molecule has 1 aromatic rings. The van der Waals surface area contributed by atoms with Gasteiger partial charge in [0.05, 0.1) is 19.6 Å². The molecule has 1 amide bonds. The first-order valence-corrected chi connectivity index (χ1v) is 8.55. The van der Waals surface area contributed by atoms with E-state index in [0.717, 1.165) is 11.4 Å². The predicted octanol–water partition coefficient (Wildman–Crippen LogP) is 2.32. The van der Waals surface area contributed by atoms with Crippen molar-refractivity contribution in [3.05, 3.63) is 36.0 Å². The van der Waals surface area contributed by atoms with E-state index in [9.17, 15) is 14.9 Å². The monoisotopic (exact) mass is 357 g/mol. The van der Waals surface area contributed by atoms with E-state index in [1.54, 1.807) is 43.2 Å². The van der Waals surface area contributed by atoms with E-state index in [1.165, 1.54) is 6.20 Å². The van der Waals surface area contributed by atoms with E-state index in [1.807, 2.05) is 6.07 Å². The van der Waals surface area contributed by atoms with Crippen LogP contribution in [0.1, 0.15) is 19.8 Å². The molecule has 0 spiro atoms. The number of hydrogen-bond acceptors (Lipinski definition) is 6. The van der Waals surface area contributed by atoms with Gasteiger partial charge in [0.1, 0.15) is 17.4 Å². The second-order valence-electron chi connectivity index (χ2n) is 5.86. The molecule has 0 bridgehead atoms. The zero-order chi connectivity index (χ0) is 18.9. The minimum absolute atomic E-state index is 0.0235. The van der Waals surface area contributed by atoms with Crippen LogP contribution in [-0.2, 0) is 14.3 Å². The van der Waals surface area contributed by atoms with E-state index >= 15 is 0 Å². The summed E-state index contributed by atoms with van der Waals surface area (Å²) in [6, 6.07) is 9.08. The number of hydrogen-bond donors (Lipinski definition) is 1. The van der Waals surface area contributed by atoms with Crippen LogP contribution in [0.5, 0.6) is 5.75 Å². The van der Waals surface area contributed by atoms with Crippen molar-refractivity contribution in [1.82, 2.24) is 4.90 Å². The smallest absolute Gasteiger partial charge is 0.309 e. The highest BCUT2D eigenvalue weighted by atomic mass is 16.5. The first-order valence-electron chi connectivity index (χ1n) is 8.55. The number of esters is 1. The van der Waals surface area contributed by atoms with Gasteiger partial charge in [-0.2, -0.15) is 5.26 Å². The highest BCUT2D eigenvalue weighted by Gasteiger charge is 2.29. The Morgan fingerprint density at radius 2 is 1.96 bits per heavy atom. The Bertz CT molecular complexity index is 698. The molecule has 0 atom stereocenters. The maximum atomic E-state index is 12.5. The van der Waals surface area contributed by atoms with Gasteiger partial charge in [-0.15, -0.1) is 0 Å². The number of ether oxygens (including phenoxy) is 2. The van der Waals surface area contributed by atoms with Crippen LogP contribution in [0.2, 0.25) is 0 Å². The molecule has 0 aromatic heterocycles.